The number of aryl methyl sites for hydroxylation is 1. The maximum absolute atomic E-state index is 6.07. The minimum absolute atomic E-state index is 0.709. The van der Waals surface area contributed by atoms with E-state index >= 15 is 0 Å². The van der Waals surface area contributed by atoms with E-state index in [4.69, 9.17) is 16.6 Å². The van der Waals surface area contributed by atoms with Crippen LogP contribution in [0.25, 0.3) is 0 Å². The first-order chi connectivity index (χ1) is 13.2. The fourth-order valence-corrected chi connectivity index (χ4v) is 3.34. The van der Waals surface area contributed by atoms with Crippen LogP contribution in [0.1, 0.15) is 36.0 Å². The van der Waals surface area contributed by atoms with Crippen molar-refractivity contribution in [1.82, 2.24) is 15.3 Å². The zero-order valence-electron chi connectivity index (χ0n) is 15.8. The lowest BCUT2D eigenvalue weighted by Gasteiger charge is -2.10. The van der Waals surface area contributed by atoms with E-state index < -0.39 is 0 Å². The van der Waals surface area contributed by atoms with Crippen LogP contribution in [0.2, 0.25) is 5.02 Å². The summed E-state index contributed by atoms with van der Waals surface area (Å²) in [5, 5.41) is 4.28. The zero-order valence-corrected chi connectivity index (χ0v) is 16.5. The van der Waals surface area contributed by atoms with Gasteiger partial charge in [0.15, 0.2) is 0 Å². The highest BCUT2D eigenvalue weighted by Crippen LogP contribution is 2.14. The van der Waals surface area contributed by atoms with Crippen LogP contribution in [0.5, 0.6) is 0 Å². The number of benzene rings is 1. The third-order valence-electron chi connectivity index (χ3n) is 4.56. The topological polar surface area (TPSA) is 37.8 Å². The number of nitrogens with one attached hydrogen (secondary N) is 1. The third-order valence-corrected chi connectivity index (χ3v) is 4.80. The van der Waals surface area contributed by atoms with Crippen molar-refractivity contribution in [1.29, 1.82) is 0 Å². The van der Waals surface area contributed by atoms with Gasteiger partial charge in [-0.15, -0.1) is 0 Å². The van der Waals surface area contributed by atoms with E-state index in [-0.39, 0.29) is 0 Å². The molecular weight excluding hydrogens is 354 g/mol. The highest BCUT2D eigenvalue weighted by atomic mass is 35.5. The number of hydrogen-bond donors (Lipinski definition) is 1. The molecular formula is C23H26ClN3. The molecule has 1 heterocycles. The molecule has 1 aliphatic rings. The zero-order chi connectivity index (χ0) is 18.9. The lowest BCUT2D eigenvalue weighted by Crippen LogP contribution is -2.20. The summed E-state index contributed by atoms with van der Waals surface area (Å²) in [7, 11) is 0. The summed E-state index contributed by atoms with van der Waals surface area (Å²) in [6, 6.07) is 7.88. The second-order valence-corrected chi connectivity index (χ2v) is 7.08. The summed E-state index contributed by atoms with van der Waals surface area (Å²) in [5.74, 6) is 0.854. The van der Waals surface area contributed by atoms with Crippen molar-refractivity contribution >= 4 is 11.6 Å². The molecule has 0 amide bonds. The minimum atomic E-state index is 0.709. The molecule has 1 aliphatic carbocycles. The maximum atomic E-state index is 6.07. The van der Waals surface area contributed by atoms with E-state index in [0.29, 0.717) is 6.42 Å². The number of rotatable bonds is 8. The van der Waals surface area contributed by atoms with Crippen molar-refractivity contribution in [3.63, 3.8) is 0 Å². The van der Waals surface area contributed by atoms with Crippen molar-refractivity contribution in [2.75, 3.05) is 13.1 Å². The molecule has 3 nitrogen and oxygen atoms in total. The van der Waals surface area contributed by atoms with Crippen LogP contribution in [0, 0.1) is 0 Å². The number of nitrogens with zero attached hydrogens (tertiary/aromatic N) is 2. The van der Waals surface area contributed by atoms with E-state index in [1.807, 2.05) is 24.4 Å². The van der Waals surface area contributed by atoms with Crippen LogP contribution in [-0.4, -0.2) is 23.1 Å². The van der Waals surface area contributed by atoms with Crippen molar-refractivity contribution < 1.29 is 0 Å². The van der Waals surface area contributed by atoms with Gasteiger partial charge in [0.1, 0.15) is 5.82 Å². The Labute approximate surface area is 166 Å². The Bertz CT molecular complexity index is 852. The van der Waals surface area contributed by atoms with Gasteiger partial charge < -0.3 is 5.32 Å². The van der Waals surface area contributed by atoms with Gasteiger partial charge in [-0.2, -0.15) is 0 Å². The Morgan fingerprint density at radius 1 is 1.22 bits per heavy atom. The van der Waals surface area contributed by atoms with Crippen molar-refractivity contribution in [3.05, 3.63) is 94.1 Å². The molecule has 0 spiro atoms. The van der Waals surface area contributed by atoms with Crippen LogP contribution < -0.4 is 5.32 Å². The second kappa shape index (κ2) is 10.2. The highest BCUT2D eigenvalue weighted by Gasteiger charge is 2.07. The number of halogens is 1. The lowest BCUT2D eigenvalue weighted by molar-refractivity contribution is 0.720. The number of aromatic nitrogens is 2. The molecule has 0 radical (unpaired) electrons. The molecule has 3 rings (SSSR count). The van der Waals surface area contributed by atoms with E-state index in [1.165, 1.54) is 11.1 Å². The normalized spacial score (nSPS) is 13.5. The molecule has 0 saturated carbocycles. The third kappa shape index (κ3) is 6.16. The van der Waals surface area contributed by atoms with Gasteiger partial charge in [0.25, 0.3) is 0 Å². The Hall–Kier alpha value is -2.23. The fraction of sp³-hybridized carbons (Fsp3) is 0.304. The molecule has 1 aromatic heterocycles. The van der Waals surface area contributed by atoms with Crippen molar-refractivity contribution in [2.45, 2.75) is 32.6 Å². The first-order valence-corrected chi connectivity index (χ1v) is 9.93. The molecule has 0 saturated heterocycles. The van der Waals surface area contributed by atoms with E-state index in [2.05, 4.69) is 53.7 Å². The summed E-state index contributed by atoms with van der Waals surface area (Å²) in [5.41, 5.74) is 4.84. The summed E-state index contributed by atoms with van der Waals surface area (Å²) >= 11 is 6.07. The first-order valence-electron chi connectivity index (χ1n) is 9.55. The van der Waals surface area contributed by atoms with Gasteiger partial charge in [-0.1, -0.05) is 61.0 Å². The van der Waals surface area contributed by atoms with Gasteiger partial charge in [-0.3, -0.25) is 0 Å². The van der Waals surface area contributed by atoms with Crippen molar-refractivity contribution in [2.24, 2.45) is 0 Å². The van der Waals surface area contributed by atoms with E-state index in [9.17, 15) is 0 Å². The second-order valence-electron chi connectivity index (χ2n) is 6.65. The Morgan fingerprint density at radius 2 is 2.15 bits per heavy atom. The lowest BCUT2D eigenvalue weighted by atomic mass is 10.1. The van der Waals surface area contributed by atoms with Gasteiger partial charge in [0, 0.05) is 29.9 Å². The highest BCUT2D eigenvalue weighted by molar-refractivity contribution is 6.30. The summed E-state index contributed by atoms with van der Waals surface area (Å²) in [4.78, 5) is 9.36. The molecule has 0 atom stereocenters. The molecule has 4 heteroatoms. The molecule has 2 aromatic rings. The van der Waals surface area contributed by atoms with Crippen molar-refractivity contribution in [3.8, 4) is 0 Å². The van der Waals surface area contributed by atoms with Gasteiger partial charge in [0.05, 0.1) is 0 Å². The molecule has 1 N–H and O–H groups in total. The average molecular weight is 380 g/mol. The summed E-state index contributed by atoms with van der Waals surface area (Å²) in [6.07, 6.45) is 16.4. The fourth-order valence-electron chi connectivity index (χ4n) is 3.12. The van der Waals surface area contributed by atoms with Crippen LogP contribution >= 0.6 is 11.6 Å². The number of allylic oxidation sites excluding steroid dienone is 4. The maximum Gasteiger partial charge on any atom is 0.132 e. The Kier molecular flexibility index (Phi) is 7.37. The smallest absolute Gasteiger partial charge is 0.132 e. The van der Waals surface area contributed by atoms with Gasteiger partial charge >= 0.3 is 0 Å². The first kappa shape index (κ1) is 19.5. The summed E-state index contributed by atoms with van der Waals surface area (Å²) in [6.45, 7) is 3.96. The molecule has 27 heavy (non-hydrogen) atoms. The predicted molar refractivity (Wildman–Crippen MR) is 113 cm³/mol. The average Bonchev–Trinajstić information content (AvgIpc) is 2.95. The SMILES string of the molecule is CCc1nc(Cc2cccc(Cl)c2)ncc1CCNCC1=CCC=CC=C1. The molecule has 0 aliphatic heterocycles. The predicted octanol–water partition coefficient (Wildman–Crippen LogP) is 4.86. The molecule has 0 bridgehead atoms. The van der Waals surface area contributed by atoms with Crippen LogP contribution in [0.4, 0.5) is 0 Å². The molecule has 1 aromatic carbocycles. The standard InChI is InChI=1S/C23H26ClN3/c1-2-22-20(12-13-25-16-18-8-5-3-4-6-9-18)17-26-23(27-22)15-19-10-7-11-21(24)14-19/h3-5,7-11,14,17,25H,2,6,12-13,15-16H2,1H3. The van der Waals surface area contributed by atoms with Gasteiger partial charge in [0.2, 0.25) is 0 Å². The summed E-state index contributed by atoms with van der Waals surface area (Å²) < 4.78 is 0. The Morgan fingerprint density at radius 3 is 3.00 bits per heavy atom. The van der Waals surface area contributed by atoms with Crippen LogP contribution in [-0.2, 0) is 19.3 Å². The monoisotopic (exact) mass is 379 g/mol. The molecule has 0 fully saturated rings. The van der Waals surface area contributed by atoms with E-state index in [1.54, 1.807) is 0 Å². The van der Waals surface area contributed by atoms with Gasteiger partial charge in [-0.25, -0.2) is 9.97 Å². The van der Waals surface area contributed by atoms with Crippen LogP contribution in [0.15, 0.2) is 66.4 Å². The van der Waals surface area contributed by atoms with Gasteiger partial charge in [-0.05, 0) is 54.6 Å². The Balaban J connectivity index is 1.55. The molecule has 140 valence electrons. The molecule has 0 unspecified atom stereocenters. The largest absolute Gasteiger partial charge is 0.312 e. The minimum Gasteiger partial charge on any atom is -0.312 e. The number of hydrogen-bond acceptors (Lipinski definition) is 3. The quantitative estimate of drug-likeness (QED) is 0.665. The van der Waals surface area contributed by atoms with Crippen LogP contribution in [0.3, 0.4) is 0 Å². The van der Waals surface area contributed by atoms with E-state index in [0.717, 1.165) is 54.5 Å².